The maximum Gasteiger partial charge on any atom is 0.310 e. The molecule has 0 spiro atoms. The molecule has 0 atom stereocenters. The molecule has 6 nitrogen and oxygen atoms in total. The van der Waals surface area contributed by atoms with Gasteiger partial charge in [-0.2, -0.15) is 0 Å². The van der Waals surface area contributed by atoms with Gasteiger partial charge < -0.3 is 14.3 Å². The van der Waals surface area contributed by atoms with Crippen molar-refractivity contribution < 1.29 is 23.9 Å². The van der Waals surface area contributed by atoms with Gasteiger partial charge in [0, 0.05) is 34.6 Å². The van der Waals surface area contributed by atoms with E-state index in [9.17, 15) is 14.4 Å². The third kappa shape index (κ3) is 14.6. The first-order chi connectivity index (χ1) is 22.3. The minimum Gasteiger partial charge on any atom is -0.481 e. The van der Waals surface area contributed by atoms with E-state index >= 15 is 0 Å². The first kappa shape index (κ1) is 45.0. The number of Topliss-reactive ketones (excluding diaryl/α,β-unsaturated/α-hetero) is 1. The van der Waals surface area contributed by atoms with Gasteiger partial charge in [0.15, 0.2) is 11.3 Å². The highest BCUT2D eigenvalue weighted by Crippen LogP contribution is 2.43. The van der Waals surface area contributed by atoms with E-state index in [4.69, 9.17) is 26.1 Å². The first-order valence-corrected chi connectivity index (χ1v) is 18.2. The second-order valence-electron chi connectivity index (χ2n) is 14.8. The Morgan fingerprint density at radius 1 is 0.958 bits per heavy atom. The van der Waals surface area contributed by atoms with Crippen LogP contribution >= 0.6 is 11.6 Å². The van der Waals surface area contributed by atoms with Gasteiger partial charge in [0.25, 0.3) is 0 Å². The maximum absolute atomic E-state index is 12.3. The number of hydrogen-bond donors (Lipinski definition) is 1. The van der Waals surface area contributed by atoms with Gasteiger partial charge in [0.05, 0.1) is 11.1 Å². The number of nitrogens with zero attached hydrogens (tertiary/aromatic N) is 1. The molecule has 0 unspecified atom stereocenters. The van der Waals surface area contributed by atoms with Gasteiger partial charge in [-0.1, -0.05) is 139 Å². The fourth-order valence-corrected chi connectivity index (χ4v) is 4.90. The van der Waals surface area contributed by atoms with E-state index in [-0.39, 0.29) is 23.5 Å². The number of unbranched alkanes of at least 4 members (excludes halogenated alkanes) is 1. The van der Waals surface area contributed by atoms with Crippen LogP contribution in [0, 0.1) is 16.7 Å². The van der Waals surface area contributed by atoms with Gasteiger partial charge in [0.2, 0.25) is 5.78 Å². The summed E-state index contributed by atoms with van der Waals surface area (Å²) in [5.41, 5.74) is 3.99. The molecule has 0 aliphatic heterocycles. The lowest BCUT2D eigenvalue weighted by Gasteiger charge is -2.35. The van der Waals surface area contributed by atoms with Crippen LogP contribution < -0.4 is 0 Å². The van der Waals surface area contributed by atoms with Crippen molar-refractivity contribution in [3.8, 4) is 11.3 Å². The van der Waals surface area contributed by atoms with Crippen molar-refractivity contribution in [2.75, 3.05) is 0 Å². The molecule has 0 bridgehead atoms. The number of pyridine rings is 1. The number of carboxylic acid groups (broad SMARTS) is 1. The molecule has 0 saturated heterocycles. The highest BCUT2D eigenvalue weighted by Gasteiger charge is 2.43. The summed E-state index contributed by atoms with van der Waals surface area (Å²) in [5.74, 6) is -0.567. The largest absolute Gasteiger partial charge is 0.481 e. The molecule has 1 fully saturated rings. The van der Waals surface area contributed by atoms with Crippen LogP contribution in [0.3, 0.4) is 0 Å². The fourth-order valence-electron chi connectivity index (χ4n) is 4.77. The number of aldehydes is 1. The Kier molecular flexibility index (Phi) is 19.9. The third-order valence-electron chi connectivity index (χ3n) is 7.93. The van der Waals surface area contributed by atoms with Crippen LogP contribution in [0.4, 0.5) is 0 Å². The van der Waals surface area contributed by atoms with Crippen LogP contribution in [-0.2, 0) is 15.0 Å². The van der Waals surface area contributed by atoms with Crippen molar-refractivity contribution in [2.24, 2.45) is 16.7 Å². The van der Waals surface area contributed by atoms with Gasteiger partial charge in [0.1, 0.15) is 11.8 Å². The van der Waals surface area contributed by atoms with Crippen molar-refractivity contribution in [3.63, 3.8) is 0 Å². The SMILES string of the molecule is CC.CC(C)C(=O)c1cc2nc(-c3ccc(Cl)cc3)cc(C(C)(C)C)c2o1.CCCC.CCCC(C)(C)C.O=CCC1(C(=O)O)CCC1. The van der Waals surface area contributed by atoms with E-state index in [0.717, 1.165) is 23.2 Å². The lowest BCUT2D eigenvalue weighted by atomic mass is 9.67. The molecule has 1 saturated carbocycles. The van der Waals surface area contributed by atoms with Crippen LogP contribution in [0.1, 0.15) is 157 Å². The topological polar surface area (TPSA) is 97.5 Å². The molecule has 1 aromatic carbocycles. The maximum atomic E-state index is 12.3. The molecular weight excluding hydrogens is 622 g/mol. The molecule has 270 valence electrons. The van der Waals surface area contributed by atoms with Crippen molar-refractivity contribution in [3.05, 3.63) is 52.7 Å². The predicted octanol–water partition coefficient (Wildman–Crippen LogP) is 12.8. The predicted molar refractivity (Wildman–Crippen MR) is 203 cm³/mol. The summed E-state index contributed by atoms with van der Waals surface area (Å²) in [6, 6.07) is 11.4. The zero-order valence-corrected chi connectivity index (χ0v) is 32.9. The lowest BCUT2D eigenvalue weighted by Crippen LogP contribution is -2.38. The average molecular weight is 686 g/mol. The summed E-state index contributed by atoms with van der Waals surface area (Å²) in [5, 5.41) is 9.34. The van der Waals surface area contributed by atoms with Crippen molar-refractivity contribution >= 4 is 40.7 Å². The molecule has 48 heavy (non-hydrogen) atoms. The number of aromatic nitrogens is 1. The highest BCUT2D eigenvalue weighted by molar-refractivity contribution is 6.30. The Bertz CT molecular complexity index is 1390. The number of carbonyl (C=O) groups excluding carboxylic acids is 2. The summed E-state index contributed by atoms with van der Waals surface area (Å²) in [6.45, 7) is 27.5. The molecule has 1 aliphatic rings. The molecule has 0 radical (unpaired) electrons. The number of rotatable bonds is 8. The summed E-state index contributed by atoms with van der Waals surface area (Å²) in [6.07, 6.45) is 8.45. The Morgan fingerprint density at radius 3 is 1.81 bits per heavy atom. The number of carboxylic acids is 1. The minimum absolute atomic E-state index is 0.00842. The highest BCUT2D eigenvalue weighted by atomic mass is 35.5. The standard InChI is InChI=1S/C21H22ClNO2.C7H10O3.C7H16.C4H10.C2H6/c1-12(2)19(24)18-11-17-20(25-18)15(21(3,4)5)10-16(23-17)13-6-8-14(22)9-7-13;8-5-4-7(6(9)10)2-1-3-7;1-5-6-7(2,3)4;1-3-4-2;1-2/h6-12H,1-5H3;5H,1-4H2,(H,9,10);5-6H2,1-4H3;3-4H2,1-2H3;1-2H3. The van der Waals surface area contributed by atoms with Gasteiger partial charge in [-0.3, -0.25) is 9.59 Å². The number of furan rings is 1. The number of carbonyl (C=O) groups is 3. The van der Waals surface area contributed by atoms with Gasteiger partial charge in [-0.25, -0.2) is 4.98 Å². The summed E-state index contributed by atoms with van der Waals surface area (Å²) in [4.78, 5) is 37.6. The Morgan fingerprint density at radius 2 is 1.50 bits per heavy atom. The summed E-state index contributed by atoms with van der Waals surface area (Å²) < 4.78 is 5.93. The third-order valence-corrected chi connectivity index (χ3v) is 8.18. The van der Waals surface area contributed by atoms with Crippen molar-refractivity contribution in [1.82, 2.24) is 4.98 Å². The van der Waals surface area contributed by atoms with E-state index in [2.05, 4.69) is 62.3 Å². The number of ketones is 1. The van der Waals surface area contributed by atoms with E-state index in [0.29, 0.717) is 46.4 Å². The Balaban J connectivity index is 0.000000786. The van der Waals surface area contributed by atoms with Crippen molar-refractivity contribution in [1.29, 1.82) is 0 Å². The van der Waals surface area contributed by atoms with Crippen LogP contribution in [0.5, 0.6) is 0 Å². The van der Waals surface area contributed by atoms with Crippen LogP contribution in [0.2, 0.25) is 5.02 Å². The second-order valence-corrected chi connectivity index (χ2v) is 15.2. The van der Waals surface area contributed by atoms with Crippen LogP contribution in [0.15, 0.2) is 40.8 Å². The molecule has 4 rings (SSSR count). The number of halogens is 1. The molecule has 0 amide bonds. The number of hydrogen-bond acceptors (Lipinski definition) is 5. The quantitative estimate of drug-likeness (QED) is 0.187. The molecule has 2 aromatic heterocycles. The average Bonchev–Trinajstić information content (AvgIpc) is 3.43. The van der Waals surface area contributed by atoms with E-state index in [1.54, 1.807) is 6.07 Å². The van der Waals surface area contributed by atoms with Crippen LogP contribution in [-0.4, -0.2) is 28.1 Å². The van der Waals surface area contributed by atoms with Gasteiger partial charge >= 0.3 is 5.97 Å². The zero-order valence-electron chi connectivity index (χ0n) is 32.2. The summed E-state index contributed by atoms with van der Waals surface area (Å²) in [7, 11) is 0. The lowest BCUT2D eigenvalue weighted by molar-refractivity contribution is -0.156. The Labute approximate surface area is 296 Å². The molecule has 3 aromatic rings. The second kappa shape index (κ2) is 21.2. The number of benzene rings is 1. The molecule has 7 heteroatoms. The molecule has 1 aliphatic carbocycles. The van der Waals surface area contributed by atoms with E-state index < -0.39 is 11.4 Å². The van der Waals surface area contributed by atoms with E-state index in [1.807, 2.05) is 58.0 Å². The number of fused-ring (bicyclic) bond motifs is 1. The monoisotopic (exact) mass is 685 g/mol. The Hall–Kier alpha value is -2.99. The summed E-state index contributed by atoms with van der Waals surface area (Å²) >= 11 is 5.99. The first-order valence-electron chi connectivity index (χ1n) is 17.8. The normalized spacial score (nSPS) is 13.2. The number of aliphatic carboxylic acids is 1. The molecule has 2 heterocycles. The van der Waals surface area contributed by atoms with Gasteiger partial charge in [-0.05, 0) is 48.3 Å². The van der Waals surface area contributed by atoms with Crippen LogP contribution in [0.25, 0.3) is 22.4 Å². The molecular formula is C41H64ClNO5. The fraction of sp³-hybridized carbons (Fsp3) is 0.610. The van der Waals surface area contributed by atoms with E-state index in [1.165, 1.54) is 25.7 Å². The van der Waals surface area contributed by atoms with Gasteiger partial charge in [-0.15, -0.1) is 0 Å². The molecule has 1 N–H and O–H groups in total. The van der Waals surface area contributed by atoms with Crippen molar-refractivity contribution in [2.45, 2.75) is 147 Å². The smallest absolute Gasteiger partial charge is 0.310 e. The minimum atomic E-state index is -0.814. The zero-order chi connectivity index (χ0) is 37.3.